The number of sulfonamides is 1. The highest BCUT2D eigenvalue weighted by Crippen LogP contribution is 2.31. The molecule has 0 bridgehead atoms. The van der Waals surface area contributed by atoms with Gasteiger partial charge >= 0.3 is 6.18 Å². The van der Waals surface area contributed by atoms with Gasteiger partial charge in [-0.1, -0.05) is 6.07 Å². The monoisotopic (exact) mass is 388 g/mol. The van der Waals surface area contributed by atoms with Gasteiger partial charge in [0.25, 0.3) is 5.91 Å². The molecule has 0 heterocycles. The van der Waals surface area contributed by atoms with Gasteiger partial charge in [-0.15, -0.1) is 0 Å². The number of alkyl halides is 3. The van der Waals surface area contributed by atoms with E-state index in [0.29, 0.717) is 0 Å². The Bertz CT molecular complexity index is 927. The Balaban J connectivity index is 2.28. The first-order valence-corrected chi connectivity index (χ1v) is 9.03. The van der Waals surface area contributed by atoms with E-state index in [0.717, 1.165) is 24.5 Å². The number of benzene rings is 2. The van der Waals surface area contributed by atoms with E-state index in [9.17, 15) is 26.4 Å². The van der Waals surface area contributed by atoms with Crippen molar-refractivity contribution in [1.29, 1.82) is 0 Å². The Morgan fingerprint density at radius 2 is 1.81 bits per heavy atom. The van der Waals surface area contributed by atoms with Crippen molar-refractivity contribution in [3.63, 3.8) is 0 Å². The molecule has 26 heavy (non-hydrogen) atoms. The van der Waals surface area contributed by atoms with E-state index in [-0.39, 0.29) is 22.7 Å². The van der Waals surface area contributed by atoms with Crippen molar-refractivity contribution in [3.05, 3.63) is 53.6 Å². The minimum absolute atomic E-state index is 0.0804. The van der Waals surface area contributed by atoms with Crippen LogP contribution in [0.2, 0.25) is 0 Å². The van der Waals surface area contributed by atoms with Gasteiger partial charge in [0.2, 0.25) is 10.0 Å². The lowest BCUT2D eigenvalue weighted by molar-refractivity contribution is -0.137. The average molecular weight is 388 g/mol. The van der Waals surface area contributed by atoms with Crippen LogP contribution < -0.4 is 14.8 Å². The number of ether oxygens (including phenoxy) is 1. The van der Waals surface area contributed by atoms with Gasteiger partial charge in [-0.05, 0) is 36.4 Å². The number of rotatable bonds is 5. The van der Waals surface area contributed by atoms with Crippen LogP contribution in [0.25, 0.3) is 0 Å². The Morgan fingerprint density at radius 3 is 2.38 bits per heavy atom. The number of nitrogens with one attached hydrogen (secondary N) is 2. The fraction of sp³-hybridized carbons (Fsp3) is 0.188. The normalized spacial score (nSPS) is 11.7. The molecule has 0 saturated heterocycles. The first-order chi connectivity index (χ1) is 12.0. The largest absolute Gasteiger partial charge is 0.495 e. The molecule has 1 amide bonds. The smallest absolute Gasteiger partial charge is 0.416 e. The summed E-state index contributed by atoms with van der Waals surface area (Å²) in [7, 11) is -2.26. The molecule has 2 aromatic rings. The standard InChI is InChI=1S/C16H15F3N2O4S/c1-25-14-7-6-12(9-13(14)21-26(2,23)24)20-15(22)10-4-3-5-11(8-10)16(17,18)19/h3-9,21H,1-2H3,(H,20,22). The number of amides is 1. The predicted octanol–water partition coefficient (Wildman–Crippen LogP) is 3.34. The SMILES string of the molecule is COc1ccc(NC(=O)c2cccc(C(F)(F)F)c2)cc1NS(C)(=O)=O. The Labute approximate surface area is 148 Å². The highest BCUT2D eigenvalue weighted by Gasteiger charge is 2.30. The van der Waals surface area contributed by atoms with E-state index in [4.69, 9.17) is 4.74 Å². The van der Waals surface area contributed by atoms with Crippen LogP contribution in [0.5, 0.6) is 5.75 Å². The predicted molar refractivity (Wildman–Crippen MR) is 90.9 cm³/mol. The zero-order chi connectivity index (χ0) is 19.5. The molecule has 6 nitrogen and oxygen atoms in total. The van der Waals surface area contributed by atoms with Crippen LogP contribution in [-0.4, -0.2) is 27.7 Å². The molecule has 0 aliphatic carbocycles. The summed E-state index contributed by atoms with van der Waals surface area (Å²) in [6.45, 7) is 0. The van der Waals surface area contributed by atoms with Crippen LogP contribution >= 0.6 is 0 Å². The Hall–Kier alpha value is -2.75. The zero-order valence-electron chi connectivity index (χ0n) is 13.7. The van der Waals surface area contributed by atoms with E-state index in [2.05, 4.69) is 10.0 Å². The van der Waals surface area contributed by atoms with Crippen molar-refractivity contribution >= 4 is 27.3 Å². The van der Waals surface area contributed by atoms with E-state index < -0.39 is 27.7 Å². The second-order valence-electron chi connectivity index (χ2n) is 5.32. The molecule has 0 fully saturated rings. The molecule has 140 valence electrons. The molecule has 0 aliphatic heterocycles. The molecular formula is C16H15F3N2O4S. The maximum Gasteiger partial charge on any atom is 0.416 e. The first kappa shape index (κ1) is 19.6. The number of anilines is 2. The number of hydrogen-bond donors (Lipinski definition) is 2. The van der Waals surface area contributed by atoms with E-state index >= 15 is 0 Å². The molecule has 0 spiro atoms. The molecule has 0 atom stereocenters. The third kappa shape index (κ3) is 5.12. The summed E-state index contributed by atoms with van der Waals surface area (Å²) in [6, 6.07) is 8.09. The molecule has 0 aliphatic rings. The van der Waals surface area contributed by atoms with E-state index in [1.54, 1.807) is 0 Å². The number of halogens is 3. The minimum atomic E-state index is -4.57. The number of carbonyl (C=O) groups excluding carboxylic acids is 1. The molecule has 0 radical (unpaired) electrons. The third-order valence-electron chi connectivity index (χ3n) is 3.20. The topological polar surface area (TPSA) is 84.5 Å². The van der Waals surface area contributed by atoms with Gasteiger partial charge < -0.3 is 10.1 Å². The first-order valence-electron chi connectivity index (χ1n) is 7.14. The second kappa shape index (κ2) is 7.24. The summed E-state index contributed by atoms with van der Waals surface area (Å²) in [6.07, 6.45) is -3.62. The minimum Gasteiger partial charge on any atom is -0.495 e. The van der Waals surface area contributed by atoms with Crippen LogP contribution in [0.4, 0.5) is 24.5 Å². The van der Waals surface area contributed by atoms with Crippen molar-refractivity contribution in [1.82, 2.24) is 0 Å². The molecule has 10 heteroatoms. The molecule has 0 aromatic heterocycles. The molecule has 0 saturated carbocycles. The fourth-order valence-corrected chi connectivity index (χ4v) is 2.66. The quantitative estimate of drug-likeness (QED) is 0.823. The summed E-state index contributed by atoms with van der Waals surface area (Å²) in [5, 5.41) is 2.42. The van der Waals surface area contributed by atoms with Crippen LogP contribution in [-0.2, 0) is 16.2 Å². The molecule has 0 unspecified atom stereocenters. The van der Waals surface area contributed by atoms with Crippen LogP contribution in [0, 0.1) is 0 Å². The Kier molecular flexibility index (Phi) is 5.45. The lowest BCUT2D eigenvalue weighted by Gasteiger charge is -2.13. The van der Waals surface area contributed by atoms with Crippen LogP contribution in [0.3, 0.4) is 0 Å². The molecule has 2 N–H and O–H groups in total. The molecular weight excluding hydrogens is 373 g/mol. The van der Waals surface area contributed by atoms with Gasteiger partial charge in [-0.3, -0.25) is 9.52 Å². The zero-order valence-corrected chi connectivity index (χ0v) is 14.5. The van der Waals surface area contributed by atoms with Crippen molar-refractivity contribution in [3.8, 4) is 5.75 Å². The number of carbonyl (C=O) groups is 1. The highest BCUT2D eigenvalue weighted by molar-refractivity contribution is 7.92. The molecule has 2 rings (SSSR count). The lowest BCUT2D eigenvalue weighted by Crippen LogP contribution is -2.15. The van der Waals surface area contributed by atoms with Crippen molar-refractivity contribution < 1.29 is 31.1 Å². The van der Waals surface area contributed by atoms with Gasteiger partial charge in [0.05, 0.1) is 24.6 Å². The maximum absolute atomic E-state index is 12.7. The van der Waals surface area contributed by atoms with E-state index in [1.807, 2.05) is 0 Å². The van der Waals surface area contributed by atoms with Crippen molar-refractivity contribution in [2.75, 3.05) is 23.4 Å². The number of hydrogen-bond acceptors (Lipinski definition) is 4. The van der Waals surface area contributed by atoms with Gasteiger partial charge in [0, 0.05) is 11.3 Å². The van der Waals surface area contributed by atoms with Crippen molar-refractivity contribution in [2.45, 2.75) is 6.18 Å². The van der Waals surface area contributed by atoms with Gasteiger partial charge in [0.1, 0.15) is 5.75 Å². The third-order valence-corrected chi connectivity index (χ3v) is 3.80. The van der Waals surface area contributed by atoms with Gasteiger partial charge in [-0.25, -0.2) is 8.42 Å². The second-order valence-corrected chi connectivity index (χ2v) is 7.07. The van der Waals surface area contributed by atoms with Gasteiger partial charge in [0.15, 0.2) is 0 Å². The van der Waals surface area contributed by atoms with E-state index in [1.165, 1.54) is 31.4 Å². The summed E-state index contributed by atoms with van der Waals surface area (Å²) in [4.78, 5) is 12.2. The fourth-order valence-electron chi connectivity index (χ4n) is 2.11. The lowest BCUT2D eigenvalue weighted by atomic mass is 10.1. The maximum atomic E-state index is 12.7. The highest BCUT2D eigenvalue weighted by atomic mass is 32.2. The Morgan fingerprint density at radius 1 is 1.12 bits per heavy atom. The average Bonchev–Trinajstić information content (AvgIpc) is 2.53. The summed E-state index contributed by atoms with van der Waals surface area (Å²) < 4.78 is 68.3. The van der Waals surface area contributed by atoms with Gasteiger partial charge in [-0.2, -0.15) is 13.2 Å². The van der Waals surface area contributed by atoms with Crippen LogP contribution in [0.1, 0.15) is 15.9 Å². The van der Waals surface area contributed by atoms with Crippen molar-refractivity contribution in [2.24, 2.45) is 0 Å². The summed E-state index contributed by atoms with van der Waals surface area (Å²) >= 11 is 0. The number of methoxy groups -OCH3 is 1. The molecule has 2 aromatic carbocycles. The summed E-state index contributed by atoms with van der Waals surface area (Å²) in [5.41, 5.74) is -0.871. The summed E-state index contributed by atoms with van der Waals surface area (Å²) in [5.74, 6) is -0.556. The van der Waals surface area contributed by atoms with Crippen LogP contribution in [0.15, 0.2) is 42.5 Å².